The van der Waals surface area contributed by atoms with Gasteiger partial charge in [-0.2, -0.15) is 4.98 Å². The van der Waals surface area contributed by atoms with Crippen molar-refractivity contribution in [2.45, 2.75) is 25.9 Å². The smallest absolute Gasteiger partial charge is 0.241 e. The van der Waals surface area contributed by atoms with Gasteiger partial charge in [-0.1, -0.05) is 53.7 Å². The summed E-state index contributed by atoms with van der Waals surface area (Å²) in [6.45, 7) is 3.11. The lowest BCUT2D eigenvalue weighted by Crippen LogP contribution is -2.42. The van der Waals surface area contributed by atoms with E-state index < -0.39 is 6.04 Å². The first kappa shape index (κ1) is 16.5. The van der Waals surface area contributed by atoms with Crippen molar-refractivity contribution in [3.05, 3.63) is 71.1 Å². The fourth-order valence-electron chi connectivity index (χ4n) is 3.55. The summed E-state index contributed by atoms with van der Waals surface area (Å²) >= 11 is 0. The van der Waals surface area contributed by atoms with Gasteiger partial charge in [0.15, 0.2) is 0 Å². The lowest BCUT2D eigenvalue weighted by molar-refractivity contribution is -0.124. The molecule has 2 N–H and O–H groups in total. The van der Waals surface area contributed by atoms with Crippen molar-refractivity contribution < 1.29 is 9.32 Å². The molecule has 1 amide bonds. The third kappa shape index (κ3) is 2.99. The van der Waals surface area contributed by atoms with E-state index in [1.807, 2.05) is 60.4 Å². The highest BCUT2D eigenvalue weighted by atomic mass is 16.5. The fourth-order valence-corrected chi connectivity index (χ4v) is 3.55. The molecule has 0 fully saturated rings. The molecule has 1 atom stereocenters. The van der Waals surface area contributed by atoms with Gasteiger partial charge in [-0.3, -0.25) is 9.69 Å². The number of nitrogens with two attached hydrogens (primary N) is 1. The zero-order valence-electron chi connectivity index (χ0n) is 14.6. The van der Waals surface area contributed by atoms with Crippen LogP contribution in [0.1, 0.15) is 28.6 Å². The Kier molecular flexibility index (Phi) is 4.26. The normalized spacial score (nSPS) is 17.0. The SMILES string of the molecule is Cc1ccccc1-c1noc(CN2CCc3ccccc3[C@@H]2C(N)=O)n1. The summed E-state index contributed by atoms with van der Waals surface area (Å²) in [5.41, 5.74) is 9.85. The number of fused-ring (bicyclic) bond motifs is 1. The van der Waals surface area contributed by atoms with Crippen LogP contribution in [0.4, 0.5) is 0 Å². The van der Waals surface area contributed by atoms with Crippen molar-refractivity contribution in [3.63, 3.8) is 0 Å². The predicted octanol–water partition coefficient (Wildman–Crippen LogP) is 2.63. The Hall–Kier alpha value is -2.99. The van der Waals surface area contributed by atoms with Crippen LogP contribution in [0.3, 0.4) is 0 Å². The molecule has 0 unspecified atom stereocenters. The maximum Gasteiger partial charge on any atom is 0.241 e. The van der Waals surface area contributed by atoms with Gasteiger partial charge in [0.1, 0.15) is 6.04 Å². The molecular weight excluding hydrogens is 328 g/mol. The van der Waals surface area contributed by atoms with Crippen LogP contribution in [0.25, 0.3) is 11.4 Å². The highest BCUT2D eigenvalue weighted by molar-refractivity contribution is 5.82. The molecule has 6 nitrogen and oxygen atoms in total. The summed E-state index contributed by atoms with van der Waals surface area (Å²) in [4.78, 5) is 18.6. The molecular formula is C20H20N4O2. The first-order valence-corrected chi connectivity index (χ1v) is 8.63. The molecule has 0 bridgehead atoms. The number of nitrogens with zero attached hydrogens (tertiary/aromatic N) is 3. The third-order valence-electron chi connectivity index (χ3n) is 4.85. The maximum atomic E-state index is 12.1. The van der Waals surface area contributed by atoms with Crippen LogP contribution >= 0.6 is 0 Å². The van der Waals surface area contributed by atoms with E-state index in [9.17, 15) is 4.79 Å². The van der Waals surface area contributed by atoms with Gasteiger partial charge in [-0.05, 0) is 30.0 Å². The molecule has 0 radical (unpaired) electrons. The molecule has 1 aliphatic heterocycles. The Morgan fingerprint density at radius 3 is 2.81 bits per heavy atom. The number of rotatable bonds is 4. The summed E-state index contributed by atoms with van der Waals surface area (Å²) in [5, 5.41) is 4.10. The van der Waals surface area contributed by atoms with Crippen molar-refractivity contribution in [1.82, 2.24) is 15.0 Å². The average Bonchev–Trinajstić information content (AvgIpc) is 3.10. The Balaban J connectivity index is 1.60. The molecule has 1 aliphatic rings. The van der Waals surface area contributed by atoms with Crippen LogP contribution in [-0.2, 0) is 17.8 Å². The van der Waals surface area contributed by atoms with Crippen molar-refractivity contribution in [2.24, 2.45) is 5.73 Å². The van der Waals surface area contributed by atoms with Crippen LogP contribution in [0.15, 0.2) is 53.1 Å². The van der Waals surface area contributed by atoms with Gasteiger partial charge in [-0.15, -0.1) is 0 Å². The number of amides is 1. The van der Waals surface area contributed by atoms with E-state index in [4.69, 9.17) is 10.3 Å². The molecule has 1 aromatic heterocycles. The fraction of sp³-hybridized carbons (Fsp3) is 0.250. The van der Waals surface area contributed by atoms with Gasteiger partial charge in [0.25, 0.3) is 0 Å². The summed E-state index contributed by atoms with van der Waals surface area (Å²) in [5.74, 6) is 0.677. The number of hydrogen-bond donors (Lipinski definition) is 1. The Morgan fingerprint density at radius 2 is 2.00 bits per heavy atom. The molecule has 0 aliphatic carbocycles. The molecule has 132 valence electrons. The van der Waals surface area contributed by atoms with E-state index in [0.717, 1.165) is 23.1 Å². The van der Waals surface area contributed by atoms with Gasteiger partial charge in [0, 0.05) is 12.1 Å². The summed E-state index contributed by atoms with van der Waals surface area (Å²) < 4.78 is 5.44. The van der Waals surface area contributed by atoms with E-state index in [1.165, 1.54) is 5.56 Å². The highest BCUT2D eigenvalue weighted by Crippen LogP contribution is 2.31. The van der Waals surface area contributed by atoms with Gasteiger partial charge in [0.2, 0.25) is 17.6 Å². The number of carbonyl (C=O) groups is 1. The van der Waals surface area contributed by atoms with Crippen LogP contribution in [0.5, 0.6) is 0 Å². The van der Waals surface area contributed by atoms with Crippen LogP contribution in [0.2, 0.25) is 0 Å². The van der Waals surface area contributed by atoms with Gasteiger partial charge in [0.05, 0.1) is 6.54 Å². The molecule has 2 heterocycles. The minimum atomic E-state index is -0.478. The minimum absolute atomic E-state index is 0.365. The van der Waals surface area contributed by atoms with Gasteiger partial charge in [-0.25, -0.2) is 0 Å². The lowest BCUT2D eigenvalue weighted by Gasteiger charge is -2.34. The standard InChI is InChI=1S/C20H20N4O2/c1-13-6-2-4-8-15(13)20-22-17(26-23-20)12-24-11-10-14-7-3-5-9-16(14)18(24)19(21)25/h2-9,18H,10-12H2,1H3,(H2,21,25)/t18-/m1/s1. The van der Waals surface area contributed by atoms with E-state index >= 15 is 0 Å². The molecule has 6 heteroatoms. The Bertz CT molecular complexity index is 950. The van der Waals surface area contributed by atoms with Crippen molar-refractivity contribution >= 4 is 5.91 Å². The molecule has 4 rings (SSSR count). The van der Waals surface area contributed by atoms with Crippen molar-refractivity contribution in [3.8, 4) is 11.4 Å². The number of primary amides is 1. The predicted molar refractivity (Wildman–Crippen MR) is 97.0 cm³/mol. The zero-order chi connectivity index (χ0) is 18.1. The molecule has 3 aromatic rings. The maximum absolute atomic E-state index is 12.1. The van der Waals surface area contributed by atoms with Crippen molar-refractivity contribution in [1.29, 1.82) is 0 Å². The van der Waals surface area contributed by atoms with Gasteiger partial charge < -0.3 is 10.3 Å². The van der Waals surface area contributed by atoms with E-state index in [1.54, 1.807) is 0 Å². The zero-order valence-corrected chi connectivity index (χ0v) is 14.6. The Labute approximate surface area is 151 Å². The number of hydrogen-bond acceptors (Lipinski definition) is 5. The molecule has 0 saturated heterocycles. The number of aromatic nitrogens is 2. The highest BCUT2D eigenvalue weighted by Gasteiger charge is 2.32. The van der Waals surface area contributed by atoms with E-state index in [-0.39, 0.29) is 5.91 Å². The van der Waals surface area contributed by atoms with E-state index in [0.29, 0.717) is 24.8 Å². The number of aryl methyl sites for hydroxylation is 1. The third-order valence-corrected chi connectivity index (χ3v) is 4.85. The second kappa shape index (κ2) is 6.72. The topological polar surface area (TPSA) is 85.3 Å². The summed E-state index contributed by atoms with van der Waals surface area (Å²) in [7, 11) is 0. The largest absolute Gasteiger partial charge is 0.368 e. The second-order valence-corrected chi connectivity index (χ2v) is 6.55. The van der Waals surface area contributed by atoms with Crippen LogP contribution in [0, 0.1) is 6.92 Å². The Morgan fingerprint density at radius 1 is 1.23 bits per heavy atom. The first-order valence-electron chi connectivity index (χ1n) is 8.63. The molecule has 0 saturated carbocycles. The minimum Gasteiger partial charge on any atom is -0.368 e. The van der Waals surface area contributed by atoms with E-state index in [2.05, 4.69) is 10.1 Å². The second-order valence-electron chi connectivity index (χ2n) is 6.55. The first-order chi connectivity index (χ1) is 12.6. The van der Waals surface area contributed by atoms with Gasteiger partial charge >= 0.3 is 0 Å². The monoisotopic (exact) mass is 348 g/mol. The number of benzene rings is 2. The average molecular weight is 348 g/mol. The molecule has 0 spiro atoms. The summed E-state index contributed by atoms with van der Waals surface area (Å²) in [6.07, 6.45) is 0.860. The van der Waals surface area contributed by atoms with Crippen LogP contribution in [-0.4, -0.2) is 27.5 Å². The quantitative estimate of drug-likeness (QED) is 0.783. The lowest BCUT2D eigenvalue weighted by atomic mass is 9.92. The van der Waals surface area contributed by atoms with Crippen molar-refractivity contribution in [2.75, 3.05) is 6.54 Å². The molecule has 26 heavy (non-hydrogen) atoms. The molecule has 2 aromatic carbocycles. The number of carbonyl (C=O) groups excluding carboxylic acids is 1. The van der Waals surface area contributed by atoms with Crippen LogP contribution < -0.4 is 5.73 Å². The summed E-state index contributed by atoms with van der Waals surface area (Å²) in [6, 6.07) is 15.3.